The first-order chi connectivity index (χ1) is 13.6. The van der Waals surface area contributed by atoms with Crippen molar-refractivity contribution in [3.8, 4) is 5.75 Å². The molecule has 0 aliphatic carbocycles. The van der Waals surface area contributed by atoms with Crippen molar-refractivity contribution in [3.05, 3.63) is 59.2 Å². The molecule has 0 aliphatic rings. The van der Waals surface area contributed by atoms with Crippen molar-refractivity contribution in [2.24, 2.45) is 10.7 Å². The molecule has 0 unspecified atom stereocenters. The highest BCUT2D eigenvalue weighted by atomic mass is 127. The van der Waals surface area contributed by atoms with Crippen molar-refractivity contribution in [1.82, 2.24) is 5.32 Å². The van der Waals surface area contributed by atoms with Crippen molar-refractivity contribution in [1.29, 1.82) is 0 Å². The summed E-state index contributed by atoms with van der Waals surface area (Å²) in [6.45, 7) is 7.13. The fourth-order valence-corrected chi connectivity index (χ4v) is 2.88. The van der Waals surface area contributed by atoms with E-state index in [2.05, 4.69) is 47.7 Å². The molecule has 2 rings (SSSR count). The molecule has 0 spiro atoms. The van der Waals surface area contributed by atoms with Gasteiger partial charge in [-0.2, -0.15) is 0 Å². The topological polar surface area (TPSA) is 88.7 Å². The third kappa shape index (κ3) is 7.92. The zero-order chi connectivity index (χ0) is 20.4. The van der Waals surface area contributed by atoms with Crippen LogP contribution in [0.4, 0.5) is 5.69 Å². The Morgan fingerprint density at radius 3 is 2.34 bits per heavy atom. The van der Waals surface area contributed by atoms with E-state index in [9.17, 15) is 4.79 Å². The van der Waals surface area contributed by atoms with Crippen molar-refractivity contribution in [3.63, 3.8) is 0 Å². The minimum atomic E-state index is -0.138. The molecule has 158 valence electrons. The predicted molar refractivity (Wildman–Crippen MR) is 130 cm³/mol. The van der Waals surface area contributed by atoms with Gasteiger partial charge in [0.15, 0.2) is 12.6 Å². The molecule has 0 aliphatic heterocycles. The molecule has 0 fully saturated rings. The summed E-state index contributed by atoms with van der Waals surface area (Å²) in [5, 5.41) is 5.97. The van der Waals surface area contributed by atoms with Gasteiger partial charge in [-0.25, -0.2) is 4.99 Å². The van der Waals surface area contributed by atoms with Crippen LogP contribution in [0.15, 0.2) is 47.5 Å². The third-order valence-corrected chi connectivity index (χ3v) is 4.33. The number of benzene rings is 2. The van der Waals surface area contributed by atoms with E-state index in [1.165, 1.54) is 11.1 Å². The molecule has 0 saturated heterocycles. The lowest BCUT2D eigenvalue weighted by atomic mass is 10.0. The number of ether oxygens (including phenoxy) is 1. The fourth-order valence-electron chi connectivity index (χ4n) is 2.88. The van der Waals surface area contributed by atoms with Gasteiger partial charge >= 0.3 is 0 Å². The second-order valence-electron chi connectivity index (χ2n) is 6.37. The molecule has 1 amide bonds. The molecule has 7 heteroatoms. The van der Waals surface area contributed by atoms with Gasteiger partial charge in [0.2, 0.25) is 0 Å². The number of para-hydroxylation sites is 1. The number of nitrogens with one attached hydrogen (secondary N) is 2. The average molecular weight is 510 g/mol. The zero-order valence-corrected chi connectivity index (χ0v) is 19.7. The van der Waals surface area contributed by atoms with Crippen molar-refractivity contribution in [2.75, 3.05) is 18.5 Å². The number of aliphatic imine (C=N–C) groups is 1. The Hall–Kier alpha value is -2.29. The van der Waals surface area contributed by atoms with E-state index in [4.69, 9.17) is 10.5 Å². The Morgan fingerprint density at radius 1 is 1.07 bits per heavy atom. The first kappa shape index (κ1) is 24.7. The maximum atomic E-state index is 11.5. The van der Waals surface area contributed by atoms with E-state index in [-0.39, 0.29) is 36.5 Å². The van der Waals surface area contributed by atoms with E-state index < -0.39 is 0 Å². The number of nitrogens with zero attached hydrogens (tertiary/aromatic N) is 1. The summed E-state index contributed by atoms with van der Waals surface area (Å²) in [6.07, 6.45) is 1.85. The van der Waals surface area contributed by atoms with Gasteiger partial charge in [-0.1, -0.05) is 44.2 Å². The Balaban J connectivity index is 0.00000420. The Bertz CT molecular complexity index is 802. The molecular weight excluding hydrogens is 479 g/mol. The SMILES string of the molecule is CCNC(=O)COc1cccc(CN=C(N)Nc2c(CC)cccc2CC)c1.I. The molecule has 0 bridgehead atoms. The van der Waals surface area contributed by atoms with Crippen LogP contribution in [0, 0.1) is 0 Å². The molecule has 2 aromatic rings. The Kier molecular flexibility index (Phi) is 11.1. The summed E-state index contributed by atoms with van der Waals surface area (Å²) in [5.74, 6) is 0.875. The van der Waals surface area contributed by atoms with Crippen LogP contribution in [0.1, 0.15) is 37.5 Å². The van der Waals surface area contributed by atoms with Gasteiger partial charge in [0, 0.05) is 12.2 Å². The first-order valence-electron chi connectivity index (χ1n) is 9.73. The number of amides is 1. The van der Waals surface area contributed by atoms with Crippen LogP contribution in [0.2, 0.25) is 0 Å². The standard InChI is InChI=1S/C22H30N4O2.HI/c1-4-17-10-8-11-18(5-2)21(17)26-22(23)25-14-16-9-7-12-19(13-16)28-15-20(27)24-6-3;/h7-13H,4-6,14-15H2,1-3H3,(H,24,27)(H3,23,25,26);1H. The number of carbonyl (C=O) groups excluding carboxylic acids is 1. The van der Waals surface area contributed by atoms with Crippen LogP contribution in [0.3, 0.4) is 0 Å². The number of hydrogen-bond donors (Lipinski definition) is 3. The van der Waals surface area contributed by atoms with E-state index >= 15 is 0 Å². The van der Waals surface area contributed by atoms with Crippen LogP contribution >= 0.6 is 24.0 Å². The van der Waals surface area contributed by atoms with E-state index in [0.717, 1.165) is 24.1 Å². The maximum Gasteiger partial charge on any atom is 0.257 e. The van der Waals surface area contributed by atoms with Gasteiger partial charge in [-0.3, -0.25) is 4.79 Å². The van der Waals surface area contributed by atoms with Gasteiger partial charge in [0.25, 0.3) is 5.91 Å². The summed E-state index contributed by atoms with van der Waals surface area (Å²) in [7, 11) is 0. The maximum absolute atomic E-state index is 11.5. The quantitative estimate of drug-likeness (QED) is 0.272. The highest BCUT2D eigenvalue weighted by Crippen LogP contribution is 2.22. The number of carbonyl (C=O) groups is 1. The highest BCUT2D eigenvalue weighted by molar-refractivity contribution is 14.0. The van der Waals surface area contributed by atoms with Crippen molar-refractivity contribution >= 4 is 41.5 Å². The lowest BCUT2D eigenvalue weighted by Crippen LogP contribution is -2.28. The van der Waals surface area contributed by atoms with E-state index in [1.54, 1.807) is 0 Å². The highest BCUT2D eigenvalue weighted by Gasteiger charge is 2.07. The summed E-state index contributed by atoms with van der Waals surface area (Å²) in [4.78, 5) is 16.0. The van der Waals surface area contributed by atoms with Crippen molar-refractivity contribution in [2.45, 2.75) is 40.2 Å². The molecule has 4 N–H and O–H groups in total. The minimum absolute atomic E-state index is 0. The number of guanidine groups is 1. The van der Waals surface area contributed by atoms with Crippen LogP contribution in [-0.4, -0.2) is 25.0 Å². The lowest BCUT2D eigenvalue weighted by Gasteiger charge is -2.15. The second-order valence-corrected chi connectivity index (χ2v) is 6.37. The van der Waals surface area contributed by atoms with Gasteiger partial charge in [-0.05, 0) is 48.6 Å². The second kappa shape index (κ2) is 13.0. The molecule has 0 saturated carbocycles. The van der Waals surface area contributed by atoms with Crippen LogP contribution < -0.4 is 21.1 Å². The monoisotopic (exact) mass is 510 g/mol. The minimum Gasteiger partial charge on any atom is -0.484 e. The van der Waals surface area contributed by atoms with E-state index in [0.29, 0.717) is 24.8 Å². The van der Waals surface area contributed by atoms with Gasteiger partial charge in [0.05, 0.1) is 6.54 Å². The molecule has 6 nitrogen and oxygen atoms in total. The summed E-state index contributed by atoms with van der Waals surface area (Å²) in [5.41, 5.74) is 10.6. The van der Waals surface area contributed by atoms with Crippen LogP contribution in [0.25, 0.3) is 0 Å². The number of halogens is 1. The number of nitrogens with two attached hydrogens (primary N) is 1. The van der Waals surface area contributed by atoms with Crippen LogP contribution in [-0.2, 0) is 24.2 Å². The predicted octanol–water partition coefficient (Wildman–Crippen LogP) is 3.87. The molecule has 2 aromatic carbocycles. The number of rotatable bonds is 9. The Morgan fingerprint density at radius 2 is 1.72 bits per heavy atom. The normalized spacial score (nSPS) is 10.8. The molecule has 0 atom stereocenters. The molecular formula is C22H31IN4O2. The summed E-state index contributed by atoms with van der Waals surface area (Å²) >= 11 is 0. The largest absolute Gasteiger partial charge is 0.484 e. The zero-order valence-electron chi connectivity index (χ0n) is 17.3. The summed E-state index contributed by atoms with van der Waals surface area (Å²) < 4.78 is 5.52. The van der Waals surface area contributed by atoms with Gasteiger partial charge in [-0.15, -0.1) is 24.0 Å². The smallest absolute Gasteiger partial charge is 0.257 e. The lowest BCUT2D eigenvalue weighted by molar-refractivity contribution is -0.122. The van der Waals surface area contributed by atoms with Crippen molar-refractivity contribution < 1.29 is 9.53 Å². The average Bonchev–Trinajstić information content (AvgIpc) is 2.71. The number of anilines is 1. The fraction of sp³-hybridized carbons (Fsp3) is 0.364. The number of likely N-dealkylation sites (N-methyl/N-ethyl adjacent to an activating group) is 1. The first-order valence-corrected chi connectivity index (χ1v) is 9.73. The number of hydrogen-bond acceptors (Lipinski definition) is 3. The molecule has 29 heavy (non-hydrogen) atoms. The molecule has 0 radical (unpaired) electrons. The van der Waals surface area contributed by atoms with Crippen LogP contribution in [0.5, 0.6) is 5.75 Å². The number of aryl methyl sites for hydroxylation is 2. The van der Waals surface area contributed by atoms with E-state index in [1.807, 2.05) is 31.2 Å². The molecule has 0 aromatic heterocycles. The third-order valence-electron chi connectivity index (χ3n) is 4.33. The van der Waals surface area contributed by atoms with Gasteiger partial charge in [0.1, 0.15) is 5.75 Å². The molecule has 0 heterocycles. The Labute approximate surface area is 190 Å². The van der Waals surface area contributed by atoms with Gasteiger partial charge < -0.3 is 21.1 Å². The summed E-state index contributed by atoms with van der Waals surface area (Å²) in [6, 6.07) is 13.8.